The van der Waals surface area contributed by atoms with Gasteiger partial charge in [-0.25, -0.2) is 0 Å². The summed E-state index contributed by atoms with van der Waals surface area (Å²) < 4.78 is 47.4. The van der Waals surface area contributed by atoms with Crippen LogP contribution in [0.25, 0.3) is 0 Å². The third kappa shape index (κ3) is 4.50. The van der Waals surface area contributed by atoms with Gasteiger partial charge in [-0.3, -0.25) is 15.0 Å². The number of aromatic nitrogens is 1. The molecule has 2 atom stereocenters. The Labute approximate surface area is 142 Å². The van der Waals surface area contributed by atoms with Crippen LogP contribution in [0.15, 0.2) is 10.6 Å². The van der Waals surface area contributed by atoms with E-state index < -0.39 is 29.9 Å². The second-order valence-corrected chi connectivity index (χ2v) is 6.48. The van der Waals surface area contributed by atoms with Crippen LogP contribution in [0.1, 0.15) is 25.0 Å². The van der Waals surface area contributed by atoms with Crippen molar-refractivity contribution in [2.45, 2.75) is 37.6 Å². The lowest BCUT2D eigenvalue weighted by Crippen LogP contribution is -2.42. The molecule has 10 heteroatoms. The normalized spacial score (nSPS) is 26.1. The number of halogens is 3. The van der Waals surface area contributed by atoms with E-state index in [0.717, 1.165) is 12.8 Å². The molecule has 1 aromatic heterocycles. The van der Waals surface area contributed by atoms with Crippen LogP contribution in [0, 0.1) is 5.92 Å². The molecule has 2 N–H and O–H groups in total. The van der Waals surface area contributed by atoms with Crippen molar-refractivity contribution in [2.75, 3.05) is 31.6 Å². The minimum Gasteiger partial charge on any atom is -0.392 e. The van der Waals surface area contributed by atoms with Crippen LogP contribution in [0.4, 0.5) is 19.1 Å². The van der Waals surface area contributed by atoms with Gasteiger partial charge in [0.25, 0.3) is 0 Å². The van der Waals surface area contributed by atoms with Gasteiger partial charge in [0.2, 0.25) is 11.8 Å². The van der Waals surface area contributed by atoms with E-state index in [1.165, 1.54) is 0 Å². The standard InChI is InChI=1S/C15H20F3N3O4/c16-15(17,18)12-6-13(25-20-12)19-14(23)11-5-10(22)8-21(11)7-9-1-3-24-4-2-9/h6,9-11,22H,1-5,7-8H2,(H,19,23)/t10-,11+/m1/s1. The number of nitrogens with zero attached hydrogens (tertiary/aromatic N) is 2. The Balaban J connectivity index is 1.61. The fraction of sp³-hybridized carbons (Fsp3) is 0.733. The molecule has 0 spiro atoms. The molecule has 0 unspecified atom stereocenters. The van der Waals surface area contributed by atoms with E-state index in [-0.39, 0.29) is 12.3 Å². The van der Waals surface area contributed by atoms with Gasteiger partial charge in [0.05, 0.1) is 12.1 Å². The maximum absolute atomic E-state index is 12.5. The zero-order valence-corrected chi connectivity index (χ0v) is 13.5. The molecule has 1 aromatic rings. The summed E-state index contributed by atoms with van der Waals surface area (Å²) in [5.41, 5.74) is -1.20. The first kappa shape index (κ1) is 18.2. The summed E-state index contributed by atoms with van der Waals surface area (Å²) in [6.45, 7) is 2.36. The quantitative estimate of drug-likeness (QED) is 0.843. The van der Waals surface area contributed by atoms with Gasteiger partial charge in [0, 0.05) is 32.4 Å². The molecule has 7 nitrogen and oxygen atoms in total. The number of hydrogen-bond donors (Lipinski definition) is 2. The number of anilines is 1. The van der Waals surface area contributed by atoms with Crippen molar-refractivity contribution < 1.29 is 32.3 Å². The van der Waals surface area contributed by atoms with E-state index in [1.807, 2.05) is 4.90 Å². The van der Waals surface area contributed by atoms with Gasteiger partial charge >= 0.3 is 6.18 Å². The summed E-state index contributed by atoms with van der Waals surface area (Å²) in [4.78, 5) is 14.3. The van der Waals surface area contributed by atoms with Gasteiger partial charge in [-0.05, 0) is 25.2 Å². The van der Waals surface area contributed by atoms with Crippen LogP contribution in [0.5, 0.6) is 0 Å². The van der Waals surface area contributed by atoms with Gasteiger partial charge in [-0.2, -0.15) is 13.2 Å². The Morgan fingerprint density at radius 2 is 2.12 bits per heavy atom. The Morgan fingerprint density at radius 1 is 1.40 bits per heavy atom. The summed E-state index contributed by atoms with van der Waals surface area (Å²) in [6.07, 6.45) is -3.27. The Hall–Kier alpha value is -1.65. The molecular formula is C15H20F3N3O4. The number of amides is 1. The summed E-state index contributed by atoms with van der Waals surface area (Å²) in [5, 5.41) is 15.1. The average Bonchev–Trinajstić information content (AvgIpc) is 3.15. The number of ether oxygens (including phenoxy) is 1. The molecule has 2 saturated heterocycles. The van der Waals surface area contributed by atoms with Crippen molar-refractivity contribution in [3.05, 3.63) is 11.8 Å². The zero-order chi connectivity index (χ0) is 18.0. The van der Waals surface area contributed by atoms with Crippen LogP contribution >= 0.6 is 0 Å². The van der Waals surface area contributed by atoms with Crippen molar-refractivity contribution in [3.8, 4) is 0 Å². The first-order valence-corrected chi connectivity index (χ1v) is 8.17. The van der Waals surface area contributed by atoms with Crippen molar-refractivity contribution in [3.63, 3.8) is 0 Å². The summed E-state index contributed by atoms with van der Waals surface area (Å²) in [6, 6.07) is 0.0313. The smallest absolute Gasteiger partial charge is 0.392 e. The maximum Gasteiger partial charge on any atom is 0.436 e. The van der Waals surface area contributed by atoms with E-state index in [1.54, 1.807) is 0 Å². The van der Waals surface area contributed by atoms with E-state index in [2.05, 4.69) is 15.0 Å². The highest BCUT2D eigenvalue weighted by atomic mass is 19.4. The van der Waals surface area contributed by atoms with Crippen LogP contribution in [-0.4, -0.2) is 59.5 Å². The van der Waals surface area contributed by atoms with Gasteiger partial charge in [0.1, 0.15) is 0 Å². The zero-order valence-electron chi connectivity index (χ0n) is 13.5. The predicted molar refractivity (Wildman–Crippen MR) is 79.7 cm³/mol. The van der Waals surface area contributed by atoms with E-state index >= 15 is 0 Å². The number of rotatable bonds is 4. The predicted octanol–water partition coefficient (Wildman–Crippen LogP) is 1.49. The van der Waals surface area contributed by atoms with Gasteiger partial charge in [-0.15, -0.1) is 0 Å². The molecule has 0 aliphatic carbocycles. The second kappa shape index (κ2) is 7.30. The summed E-state index contributed by atoms with van der Waals surface area (Å²) >= 11 is 0. The van der Waals surface area contributed by atoms with Crippen LogP contribution in [-0.2, 0) is 15.7 Å². The van der Waals surface area contributed by atoms with Crippen molar-refractivity contribution in [1.82, 2.24) is 10.1 Å². The number of hydrogen-bond acceptors (Lipinski definition) is 6. The lowest BCUT2D eigenvalue weighted by molar-refractivity contribution is -0.142. The molecule has 2 aliphatic rings. The Morgan fingerprint density at radius 3 is 2.76 bits per heavy atom. The second-order valence-electron chi connectivity index (χ2n) is 6.48. The third-order valence-electron chi connectivity index (χ3n) is 4.56. The van der Waals surface area contributed by atoms with Crippen molar-refractivity contribution >= 4 is 11.8 Å². The summed E-state index contributed by atoms with van der Waals surface area (Å²) in [5.74, 6) is -0.491. The number of likely N-dealkylation sites (tertiary alicyclic amines) is 1. The van der Waals surface area contributed by atoms with Crippen molar-refractivity contribution in [2.24, 2.45) is 5.92 Å². The highest BCUT2D eigenvalue weighted by Gasteiger charge is 2.39. The average molecular weight is 363 g/mol. The third-order valence-corrected chi connectivity index (χ3v) is 4.56. The molecule has 0 radical (unpaired) electrons. The number of aliphatic hydroxyl groups excluding tert-OH is 1. The number of aliphatic hydroxyl groups is 1. The number of alkyl halides is 3. The lowest BCUT2D eigenvalue weighted by Gasteiger charge is -2.29. The van der Waals surface area contributed by atoms with Crippen molar-refractivity contribution in [1.29, 1.82) is 0 Å². The first-order chi connectivity index (χ1) is 11.8. The molecule has 1 amide bonds. The first-order valence-electron chi connectivity index (χ1n) is 8.17. The molecule has 3 rings (SSSR count). The highest BCUT2D eigenvalue weighted by molar-refractivity contribution is 5.94. The van der Waals surface area contributed by atoms with E-state index in [9.17, 15) is 23.1 Å². The Bertz CT molecular complexity index is 601. The van der Waals surface area contributed by atoms with Gasteiger partial charge < -0.3 is 14.4 Å². The summed E-state index contributed by atoms with van der Waals surface area (Å²) in [7, 11) is 0. The molecule has 0 aromatic carbocycles. The fourth-order valence-corrected chi connectivity index (χ4v) is 3.29. The molecule has 0 bridgehead atoms. The van der Waals surface area contributed by atoms with Gasteiger partial charge in [-0.1, -0.05) is 5.16 Å². The maximum atomic E-state index is 12.5. The SMILES string of the molecule is O=C(Nc1cc(C(F)(F)F)no1)[C@@H]1C[C@@H](O)CN1CC1CCOCC1. The van der Waals surface area contributed by atoms with Crippen LogP contribution < -0.4 is 5.32 Å². The van der Waals surface area contributed by atoms with Crippen LogP contribution in [0.3, 0.4) is 0 Å². The monoisotopic (exact) mass is 363 g/mol. The number of carbonyl (C=O) groups is 1. The number of carbonyl (C=O) groups excluding carboxylic acids is 1. The number of nitrogens with one attached hydrogen (secondary N) is 1. The Kier molecular flexibility index (Phi) is 5.30. The van der Waals surface area contributed by atoms with Crippen LogP contribution in [0.2, 0.25) is 0 Å². The lowest BCUT2D eigenvalue weighted by atomic mass is 9.99. The van der Waals surface area contributed by atoms with E-state index in [0.29, 0.717) is 38.3 Å². The minimum absolute atomic E-state index is 0.231. The van der Waals surface area contributed by atoms with Gasteiger partial charge in [0.15, 0.2) is 5.69 Å². The molecule has 0 saturated carbocycles. The molecule has 2 aliphatic heterocycles. The highest BCUT2D eigenvalue weighted by Crippen LogP contribution is 2.30. The van der Waals surface area contributed by atoms with E-state index in [4.69, 9.17) is 4.74 Å². The number of β-amino-alcohol motifs (C(OH)–C–C–N with tert-alkyl or cyclic N) is 1. The molecule has 3 heterocycles. The minimum atomic E-state index is -4.63. The molecule has 25 heavy (non-hydrogen) atoms. The molecule has 2 fully saturated rings. The molecule has 140 valence electrons. The molecular weight excluding hydrogens is 343 g/mol. The fourth-order valence-electron chi connectivity index (χ4n) is 3.29. The largest absolute Gasteiger partial charge is 0.436 e. The topological polar surface area (TPSA) is 87.8 Å².